The van der Waals surface area contributed by atoms with Crippen LogP contribution in [0.2, 0.25) is 5.02 Å². The molecule has 1 rings (SSSR count). The van der Waals surface area contributed by atoms with Gasteiger partial charge in [-0.15, -0.1) is 0 Å². The third-order valence-corrected chi connectivity index (χ3v) is 3.79. The minimum absolute atomic E-state index is 0.0318. The van der Waals surface area contributed by atoms with E-state index in [-0.39, 0.29) is 12.5 Å². The SMILES string of the molecule is CN(C)CCN(Cc1ccc(Cl)cc1)C(=O)CN(C)C(=O)OC(C)(C)C. The van der Waals surface area contributed by atoms with Gasteiger partial charge < -0.3 is 19.4 Å². The fourth-order valence-electron chi connectivity index (χ4n) is 2.13. The smallest absolute Gasteiger partial charge is 0.410 e. The van der Waals surface area contributed by atoms with Crippen LogP contribution in [0.25, 0.3) is 0 Å². The average Bonchev–Trinajstić information content (AvgIpc) is 2.51. The lowest BCUT2D eigenvalue weighted by atomic mass is 10.2. The van der Waals surface area contributed by atoms with E-state index >= 15 is 0 Å². The second kappa shape index (κ2) is 9.78. The average molecular weight is 384 g/mol. The normalized spacial score (nSPS) is 11.4. The van der Waals surface area contributed by atoms with Gasteiger partial charge in [0.05, 0.1) is 0 Å². The van der Waals surface area contributed by atoms with Crippen molar-refractivity contribution in [3.8, 4) is 0 Å². The van der Waals surface area contributed by atoms with E-state index in [9.17, 15) is 9.59 Å². The van der Waals surface area contributed by atoms with Gasteiger partial charge in [0, 0.05) is 31.7 Å². The van der Waals surface area contributed by atoms with E-state index in [1.54, 1.807) is 44.9 Å². The fraction of sp³-hybridized carbons (Fsp3) is 0.579. The van der Waals surface area contributed by atoms with Crippen LogP contribution >= 0.6 is 11.6 Å². The molecule has 0 bridgehead atoms. The molecule has 0 aliphatic rings. The Morgan fingerprint density at radius 3 is 2.12 bits per heavy atom. The predicted molar refractivity (Wildman–Crippen MR) is 104 cm³/mol. The molecule has 0 atom stereocenters. The molecule has 0 saturated carbocycles. The molecule has 6 nitrogen and oxygen atoms in total. The molecule has 0 heterocycles. The van der Waals surface area contributed by atoms with E-state index in [0.717, 1.165) is 12.1 Å². The lowest BCUT2D eigenvalue weighted by molar-refractivity contribution is -0.132. The number of carbonyl (C=O) groups is 2. The van der Waals surface area contributed by atoms with Crippen LogP contribution in [0, 0.1) is 0 Å². The van der Waals surface area contributed by atoms with Crippen molar-refractivity contribution in [1.29, 1.82) is 0 Å². The summed E-state index contributed by atoms with van der Waals surface area (Å²) < 4.78 is 5.30. The Balaban J connectivity index is 2.76. The van der Waals surface area contributed by atoms with Crippen LogP contribution in [0.5, 0.6) is 0 Å². The first-order chi connectivity index (χ1) is 12.0. The highest BCUT2D eigenvalue weighted by Crippen LogP contribution is 2.13. The summed E-state index contributed by atoms with van der Waals surface area (Å²) in [5.41, 5.74) is 0.392. The number of amides is 2. The molecular weight excluding hydrogens is 354 g/mol. The van der Waals surface area contributed by atoms with Gasteiger partial charge in [0.1, 0.15) is 12.1 Å². The zero-order valence-electron chi connectivity index (χ0n) is 16.6. The Morgan fingerprint density at radius 1 is 1.04 bits per heavy atom. The lowest BCUT2D eigenvalue weighted by Crippen LogP contribution is -2.44. The van der Waals surface area contributed by atoms with Crippen LogP contribution < -0.4 is 0 Å². The van der Waals surface area contributed by atoms with Gasteiger partial charge in [-0.25, -0.2) is 4.79 Å². The second-order valence-corrected chi connectivity index (χ2v) is 8.02. The zero-order valence-corrected chi connectivity index (χ0v) is 17.3. The fourth-order valence-corrected chi connectivity index (χ4v) is 2.26. The largest absolute Gasteiger partial charge is 0.444 e. The van der Waals surface area contributed by atoms with Crippen LogP contribution in [-0.4, -0.2) is 73.1 Å². The van der Waals surface area contributed by atoms with Gasteiger partial charge in [-0.05, 0) is 52.6 Å². The Kier molecular flexibility index (Phi) is 8.37. The molecule has 0 spiro atoms. The molecule has 0 fully saturated rings. The first-order valence-electron chi connectivity index (χ1n) is 8.59. The van der Waals surface area contributed by atoms with Crippen molar-refractivity contribution in [3.63, 3.8) is 0 Å². The van der Waals surface area contributed by atoms with Gasteiger partial charge >= 0.3 is 6.09 Å². The van der Waals surface area contributed by atoms with Gasteiger partial charge in [-0.1, -0.05) is 23.7 Å². The van der Waals surface area contributed by atoms with Crippen molar-refractivity contribution in [1.82, 2.24) is 14.7 Å². The Morgan fingerprint density at radius 2 is 1.62 bits per heavy atom. The van der Waals surface area contributed by atoms with Crippen LogP contribution in [-0.2, 0) is 16.1 Å². The first-order valence-corrected chi connectivity index (χ1v) is 8.97. The summed E-state index contributed by atoms with van der Waals surface area (Å²) in [4.78, 5) is 29.9. The van der Waals surface area contributed by atoms with Crippen LogP contribution in [0.15, 0.2) is 24.3 Å². The molecule has 0 aliphatic carbocycles. The van der Waals surface area contributed by atoms with E-state index in [4.69, 9.17) is 16.3 Å². The molecule has 0 aromatic heterocycles. The van der Waals surface area contributed by atoms with Crippen molar-refractivity contribution < 1.29 is 14.3 Å². The Labute approximate surface area is 161 Å². The van der Waals surface area contributed by atoms with Crippen molar-refractivity contribution >= 4 is 23.6 Å². The van der Waals surface area contributed by atoms with Gasteiger partial charge in [0.2, 0.25) is 5.91 Å². The first kappa shape index (κ1) is 22.3. The summed E-state index contributed by atoms with van der Waals surface area (Å²) in [5, 5.41) is 0.657. The van der Waals surface area contributed by atoms with E-state index < -0.39 is 11.7 Å². The third-order valence-electron chi connectivity index (χ3n) is 3.53. The van der Waals surface area contributed by atoms with E-state index in [0.29, 0.717) is 18.1 Å². The number of ether oxygens (including phenoxy) is 1. The number of likely N-dealkylation sites (N-methyl/N-ethyl adjacent to an activating group) is 2. The third kappa shape index (κ3) is 8.54. The molecular formula is C19H30ClN3O3. The predicted octanol–water partition coefficient (Wildman–Crippen LogP) is 3.10. The van der Waals surface area contributed by atoms with Gasteiger partial charge in [0.25, 0.3) is 0 Å². The van der Waals surface area contributed by atoms with Crippen molar-refractivity contribution in [2.75, 3.05) is 40.8 Å². The number of hydrogen-bond acceptors (Lipinski definition) is 4. The molecule has 0 unspecified atom stereocenters. The van der Waals surface area contributed by atoms with Crippen LogP contribution in [0.4, 0.5) is 4.79 Å². The van der Waals surface area contributed by atoms with Crippen molar-refractivity contribution in [3.05, 3.63) is 34.9 Å². The number of hydrogen-bond donors (Lipinski definition) is 0. The topological polar surface area (TPSA) is 53.1 Å². The van der Waals surface area contributed by atoms with Gasteiger partial charge in [-0.3, -0.25) is 4.79 Å². The van der Waals surface area contributed by atoms with E-state index in [1.165, 1.54) is 4.90 Å². The maximum Gasteiger partial charge on any atom is 0.410 e. The highest BCUT2D eigenvalue weighted by atomic mass is 35.5. The number of benzene rings is 1. The molecule has 2 amide bonds. The molecule has 0 N–H and O–H groups in total. The highest BCUT2D eigenvalue weighted by molar-refractivity contribution is 6.30. The summed E-state index contributed by atoms with van der Waals surface area (Å²) in [5.74, 6) is -0.129. The maximum atomic E-state index is 12.7. The van der Waals surface area contributed by atoms with Gasteiger partial charge in [-0.2, -0.15) is 0 Å². The standard InChI is InChI=1S/C19H30ClN3O3/c1-19(2,3)26-18(25)22(6)14-17(24)23(12-11-21(4)5)13-15-7-9-16(20)10-8-15/h7-10H,11-14H2,1-6H3. The molecule has 146 valence electrons. The lowest BCUT2D eigenvalue weighted by Gasteiger charge is -2.28. The number of rotatable bonds is 7. The number of nitrogens with zero attached hydrogens (tertiary/aromatic N) is 3. The molecule has 1 aromatic rings. The summed E-state index contributed by atoms with van der Waals surface area (Å²) in [6.07, 6.45) is -0.509. The van der Waals surface area contributed by atoms with Crippen molar-refractivity contribution in [2.24, 2.45) is 0 Å². The summed E-state index contributed by atoms with van der Waals surface area (Å²) in [6, 6.07) is 7.41. The molecule has 7 heteroatoms. The second-order valence-electron chi connectivity index (χ2n) is 7.58. The van der Waals surface area contributed by atoms with Crippen LogP contribution in [0.3, 0.4) is 0 Å². The van der Waals surface area contributed by atoms with Gasteiger partial charge in [0.15, 0.2) is 0 Å². The monoisotopic (exact) mass is 383 g/mol. The molecule has 1 aromatic carbocycles. The quantitative estimate of drug-likeness (QED) is 0.726. The Bertz CT molecular complexity index is 597. The molecule has 0 aliphatic heterocycles. The zero-order chi connectivity index (χ0) is 19.9. The maximum absolute atomic E-state index is 12.7. The minimum atomic E-state index is -0.595. The summed E-state index contributed by atoms with van der Waals surface area (Å²) >= 11 is 5.92. The van der Waals surface area contributed by atoms with E-state index in [1.807, 2.05) is 31.1 Å². The minimum Gasteiger partial charge on any atom is -0.444 e. The summed E-state index contributed by atoms with van der Waals surface area (Å²) in [7, 11) is 5.48. The Hall–Kier alpha value is -1.79. The van der Waals surface area contributed by atoms with Crippen molar-refractivity contribution in [2.45, 2.75) is 32.9 Å². The highest BCUT2D eigenvalue weighted by Gasteiger charge is 2.23. The summed E-state index contributed by atoms with van der Waals surface area (Å²) in [6.45, 7) is 7.12. The van der Waals surface area contributed by atoms with Crippen LogP contribution in [0.1, 0.15) is 26.3 Å². The molecule has 0 saturated heterocycles. The van der Waals surface area contributed by atoms with E-state index in [2.05, 4.69) is 0 Å². The molecule has 0 radical (unpaired) electrons. The number of halogens is 1. The molecule has 26 heavy (non-hydrogen) atoms. The number of carbonyl (C=O) groups excluding carboxylic acids is 2.